The van der Waals surface area contributed by atoms with Crippen molar-refractivity contribution in [1.29, 1.82) is 0 Å². The van der Waals surface area contributed by atoms with Crippen molar-refractivity contribution >= 4 is 55.5 Å². The first-order valence-electron chi connectivity index (χ1n) is 6.84. The molecule has 5 aromatic rings. The van der Waals surface area contributed by atoms with Crippen molar-refractivity contribution < 1.29 is 0 Å². The lowest BCUT2D eigenvalue weighted by Crippen LogP contribution is -1.81. The van der Waals surface area contributed by atoms with Gasteiger partial charge in [0.1, 0.15) is 5.01 Å². The molecule has 0 aliphatic carbocycles. The van der Waals surface area contributed by atoms with E-state index in [0.717, 1.165) is 32.3 Å². The van der Waals surface area contributed by atoms with Crippen LogP contribution in [-0.2, 0) is 0 Å². The monoisotopic (exact) mass is 402 g/mol. The second-order valence-electron chi connectivity index (χ2n) is 5.02. The number of H-pyrrole nitrogens is 1. The Labute approximate surface area is 150 Å². The minimum atomic E-state index is 0. The Balaban J connectivity index is 0.00000135. The molecule has 0 saturated carbocycles. The molecule has 0 amide bonds. The van der Waals surface area contributed by atoms with Crippen LogP contribution in [0.25, 0.3) is 37.7 Å². The number of rotatable bonds is 2. The normalized spacial score (nSPS) is 11.1. The molecule has 4 heterocycles. The van der Waals surface area contributed by atoms with Gasteiger partial charge in [0.25, 0.3) is 0 Å². The van der Waals surface area contributed by atoms with Gasteiger partial charge in [0.15, 0.2) is 0 Å². The number of aromatic nitrogens is 4. The summed E-state index contributed by atoms with van der Waals surface area (Å²) in [5.74, 6) is 0. The number of benzene rings is 1. The highest BCUT2D eigenvalue weighted by molar-refractivity contribution is 8.93. The fourth-order valence-corrected chi connectivity index (χ4v) is 4.17. The average Bonchev–Trinajstić information content (AvgIpc) is 3.28. The van der Waals surface area contributed by atoms with Crippen LogP contribution < -0.4 is 0 Å². The van der Waals surface area contributed by atoms with Crippen molar-refractivity contribution in [2.24, 2.45) is 0 Å². The van der Waals surface area contributed by atoms with E-state index in [-0.39, 0.29) is 17.0 Å². The van der Waals surface area contributed by atoms with Gasteiger partial charge in [-0.05, 0) is 17.5 Å². The molecule has 1 aromatic carbocycles. The fourth-order valence-electron chi connectivity index (χ4n) is 2.61. The summed E-state index contributed by atoms with van der Waals surface area (Å²) < 4.78 is 1.87. The molecule has 0 spiro atoms. The molecular formula is C16H11BrN4S2. The van der Waals surface area contributed by atoms with Crippen LogP contribution >= 0.6 is 39.7 Å². The van der Waals surface area contributed by atoms with E-state index < -0.39 is 0 Å². The summed E-state index contributed by atoms with van der Waals surface area (Å²) in [4.78, 5) is 8.89. The summed E-state index contributed by atoms with van der Waals surface area (Å²) in [6.07, 6.45) is 4.01. The Kier molecular flexibility index (Phi) is 3.56. The van der Waals surface area contributed by atoms with E-state index >= 15 is 0 Å². The van der Waals surface area contributed by atoms with Crippen LogP contribution in [0.1, 0.15) is 0 Å². The number of aromatic amines is 1. The van der Waals surface area contributed by atoms with Crippen molar-refractivity contribution in [2.75, 3.05) is 0 Å². The third-order valence-electron chi connectivity index (χ3n) is 3.68. The Morgan fingerprint density at radius 2 is 2.04 bits per heavy atom. The molecule has 23 heavy (non-hydrogen) atoms. The zero-order chi connectivity index (χ0) is 14.5. The van der Waals surface area contributed by atoms with E-state index in [1.165, 1.54) is 5.39 Å². The Morgan fingerprint density at radius 3 is 2.87 bits per heavy atom. The van der Waals surface area contributed by atoms with Gasteiger partial charge in [0.2, 0.25) is 4.96 Å². The quantitative estimate of drug-likeness (QED) is 0.438. The number of thiophene rings is 1. The van der Waals surface area contributed by atoms with Gasteiger partial charge in [-0.25, -0.2) is 9.50 Å². The lowest BCUT2D eigenvalue weighted by atomic mass is 10.2. The molecule has 0 aliphatic rings. The van der Waals surface area contributed by atoms with Crippen LogP contribution in [-0.4, -0.2) is 19.6 Å². The molecule has 0 fully saturated rings. The second-order valence-corrected chi connectivity index (χ2v) is 6.76. The predicted molar refractivity (Wildman–Crippen MR) is 102 cm³/mol. The van der Waals surface area contributed by atoms with Crippen molar-refractivity contribution in [2.45, 2.75) is 0 Å². The van der Waals surface area contributed by atoms with Gasteiger partial charge >= 0.3 is 0 Å². The number of fused-ring (bicyclic) bond motifs is 2. The van der Waals surface area contributed by atoms with Crippen molar-refractivity contribution in [1.82, 2.24) is 19.6 Å². The van der Waals surface area contributed by atoms with Crippen LogP contribution in [0.2, 0.25) is 0 Å². The van der Waals surface area contributed by atoms with Gasteiger partial charge in [-0.2, -0.15) is 16.4 Å². The highest BCUT2D eigenvalue weighted by Crippen LogP contribution is 2.32. The molecule has 0 aliphatic heterocycles. The first-order chi connectivity index (χ1) is 10.9. The maximum Gasteiger partial charge on any atom is 0.213 e. The largest absolute Gasteiger partial charge is 0.360 e. The lowest BCUT2D eigenvalue weighted by Gasteiger charge is -1.92. The molecule has 0 radical (unpaired) electrons. The topological polar surface area (TPSA) is 46.0 Å². The fraction of sp³-hybridized carbons (Fsp3) is 0. The Bertz CT molecular complexity index is 1060. The molecule has 7 heteroatoms. The van der Waals surface area contributed by atoms with Gasteiger partial charge in [0.05, 0.1) is 11.9 Å². The highest BCUT2D eigenvalue weighted by Gasteiger charge is 2.14. The van der Waals surface area contributed by atoms with Gasteiger partial charge in [-0.15, -0.1) is 17.0 Å². The van der Waals surface area contributed by atoms with Gasteiger partial charge < -0.3 is 4.98 Å². The standard InChI is InChI=1S/C16H10N4S2.BrH/c1-2-4-13-11(3-1)12(7-17-13)15-19-20-8-14(18-16(20)22-15)10-5-6-21-9-10;/h1-9,17H;1H. The minimum Gasteiger partial charge on any atom is -0.360 e. The van der Waals surface area contributed by atoms with Crippen molar-refractivity contribution in [3.8, 4) is 21.8 Å². The molecule has 0 atom stereocenters. The summed E-state index contributed by atoms with van der Waals surface area (Å²) >= 11 is 3.29. The SMILES string of the molecule is Br.c1ccc2c(-c3nn4cc(-c5ccsc5)nc4s3)c[nH]c2c1. The zero-order valence-electron chi connectivity index (χ0n) is 11.8. The molecule has 5 rings (SSSR count). The number of nitrogens with one attached hydrogen (secondary N) is 1. The first kappa shape index (κ1) is 14.6. The third kappa shape index (κ3) is 2.32. The van der Waals surface area contributed by atoms with E-state index in [4.69, 9.17) is 5.10 Å². The summed E-state index contributed by atoms with van der Waals surface area (Å²) in [6, 6.07) is 10.4. The predicted octanol–water partition coefficient (Wildman–Crippen LogP) is 5.25. The number of imidazole rings is 1. The number of para-hydroxylation sites is 1. The molecular weight excluding hydrogens is 392 g/mol. The number of nitrogens with zero attached hydrogens (tertiary/aromatic N) is 3. The minimum absolute atomic E-state index is 0. The van der Waals surface area contributed by atoms with Crippen LogP contribution in [0.4, 0.5) is 0 Å². The van der Waals surface area contributed by atoms with Crippen LogP contribution in [0.3, 0.4) is 0 Å². The lowest BCUT2D eigenvalue weighted by molar-refractivity contribution is 0.979. The molecule has 114 valence electrons. The Hall–Kier alpha value is -1.96. The summed E-state index contributed by atoms with van der Waals surface area (Å²) in [5, 5.41) is 11.0. The molecule has 1 N–H and O–H groups in total. The Morgan fingerprint density at radius 1 is 1.13 bits per heavy atom. The van der Waals surface area contributed by atoms with E-state index in [1.54, 1.807) is 22.7 Å². The first-order valence-corrected chi connectivity index (χ1v) is 8.60. The van der Waals surface area contributed by atoms with Crippen LogP contribution in [0, 0.1) is 0 Å². The van der Waals surface area contributed by atoms with Gasteiger partial charge in [-0.3, -0.25) is 0 Å². The summed E-state index contributed by atoms with van der Waals surface area (Å²) in [5.41, 5.74) is 4.38. The second kappa shape index (κ2) is 5.59. The van der Waals surface area contributed by atoms with Crippen LogP contribution in [0.15, 0.2) is 53.5 Å². The van der Waals surface area contributed by atoms with Gasteiger partial charge in [0, 0.05) is 33.6 Å². The highest BCUT2D eigenvalue weighted by atomic mass is 79.9. The molecule has 0 saturated heterocycles. The number of hydrogen-bond donors (Lipinski definition) is 1. The molecule has 0 bridgehead atoms. The van der Waals surface area contributed by atoms with Crippen molar-refractivity contribution in [3.63, 3.8) is 0 Å². The van der Waals surface area contributed by atoms with Crippen LogP contribution in [0.5, 0.6) is 0 Å². The summed E-state index contributed by atoms with van der Waals surface area (Å²) in [7, 11) is 0. The van der Waals surface area contributed by atoms with E-state index in [1.807, 2.05) is 29.0 Å². The van der Waals surface area contributed by atoms with E-state index in [9.17, 15) is 0 Å². The maximum atomic E-state index is 4.69. The average molecular weight is 403 g/mol. The number of halogens is 1. The smallest absolute Gasteiger partial charge is 0.213 e. The van der Waals surface area contributed by atoms with Gasteiger partial charge in [-0.1, -0.05) is 29.5 Å². The molecule has 4 aromatic heterocycles. The summed E-state index contributed by atoms with van der Waals surface area (Å²) in [6.45, 7) is 0. The van der Waals surface area contributed by atoms with E-state index in [2.05, 4.69) is 38.9 Å². The molecule has 4 nitrogen and oxygen atoms in total. The van der Waals surface area contributed by atoms with E-state index in [0.29, 0.717) is 0 Å². The number of hydrogen-bond acceptors (Lipinski definition) is 4. The molecule has 0 unspecified atom stereocenters. The third-order valence-corrected chi connectivity index (χ3v) is 5.32. The maximum absolute atomic E-state index is 4.69. The zero-order valence-corrected chi connectivity index (χ0v) is 15.1. The van der Waals surface area contributed by atoms with Crippen molar-refractivity contribution in [3.05, 3.63) is 53.5 Å².